The number of amides is 1. The number of nitrogens with one attached hydrogen (secondary N) is 1. The molecule has 0 spiro atoms. The number of Topliss-reactive ketones (excluding diaryl/α,β-unsaturated/α-hetero) is 1. The van der Waals surface area contributed by atoms with Crippen molar-refractivity contribution < 1.29 is 9.59 Å². The molecule has 0 fully saturated rings. The van der Waals surface area contributed by atoms with E-state index in [9.17, 15) is 9.59 Å². The van der Waals surface area contributed by atoms with E-state index in [1.807, 2.05) is 37.3 Å². The van der Waals surface area contributed by atoms with Crippen LogP contribution in [0.3, 0.4) is 0 Å². The largest absolute Gasteiger partial charge is 0.347 e. The highest BCUT2D eigenvalue weighted by molar-refractivity contribution is 5.88. The second-order valence-corrected chi connectivity index (χ2v) is 4.11. The van der Waals surface area contributed by atoms with Gasteiger partial charge in [-0.05, 0) is 18.4 Å². The molecule has 0 heterocycles. The molecule has 1 N–H and O–H groups in total. The summed E-state index contributed by atoms with van der Waals surface area (Å²) in [5, 5.41) is 2.68. The number of aryl methyl sites for hydroxylation is 1. The second-order valence-electron chi connectivity index (χ2n) is 4.11. The van der Waals surface area contributed by atoms with Crippen LogP contribution in [-0.4, -0.2) is 17.7 Å². The minimum Gasteiger partial charge on any atom is -0.347 e. The minimum atomic E-state index is -0.337. The molecule has 0 unspecified atom stereocenters. The topological polar surface area (TPSA) is 46.2 Å². The van der Waals surface area contributed by atoms with Crippen LogP contribution in [0.4, 0.5) is 0 Å². The monoisotopic (exact) mass is 233 g/mol. The molecule has 3 nitrogen and oxygen atoms in total. The number of carbonyl (C=O) groups is 2. The second kappa shape index (κ2) is 6.84. The lowest BCUT2D eigenvalue weighted by molar-refractivity contribution is -0.126. The average molecular weight is 233 g/mol. The molecule has 1 atom stereocenters. The van der Waals surface area contributed by atoms with Crippen molar-refractivity contribution in [3.05, 3.63) is 35.9 Å². The van der Waals surface area contributed by atoms with Crippen molar-refractivity contribution in [1.29, 1.82) is 0 Å². The lowest BCUT2D eigenvalue weighted by Gasteiger charge is -2.14. The highest BCUT2D eigenvalue weighted by Gasteiger charge is 2.16. The smallest absolute Gasteiger partial charge is 0.217 e. The molecule has 0 saturated carbocycles. The number of carbonyl (C=O) groups excluding carboxylic acids is 2. The van der Waals surface area contributed by atoms with Gasteiger partial charge >= 0.3 is 0 Å². The Balaban J connectivity index is 2.45. The predicted octanol–water partition coefficient (Wildman–Crippen LogP) is 2.10. The number of rotatable bonds is 6. The van der Waals surface area contributed by atoms with Crippen LogP contribution >= 0.6 is 0 Å². The van der Waals surface area contributed by atoms with Gasteiger partial charge in [0.25, 0.3) is 0 Å². The van der Waals surface area contributed by atoms with Crippen molar-refractivity contribution in [1.82, 2.24) is 5.32 Å². The van der Waals surface area contributed by atoms with Crippen molar-refractivity contribution in [2.24, 2.45) is 0 Å². The Morgan fingerprint density at radius 1 is 1.24 bits per heavy atom. The van der Waals surface area contributed by atoms with E-state index in [0.717, 1.165) is 12.0 Å². The van der Waals surface area contributed by atoms with Gasteiger partial charge in [-0.3, -0.25) is 9.59 Å². The van der Waals surface area contributed by atoms with Crippen LogP contribution in [-0.2, 0) is 16.0 Å². The van der Waals surface area contributed by atoms with Gasteiger partial charge in [0.1, 0.15) is 0 Å². The van der Waals surface area contributed by atoms with Gasteiger partial charge in [0.15, 0.2) is 5.78 Å². The first kappa shape index (κ1) is 13.4. The van der Waals surface area contributed by atoms with Crippen LogP contribution in [0.1, 0.15) is 32.3 Å². The molecule has 17 heavy (non-hydrogen) atoms. The number of hydrogen-bond donors (Lipinski definition) is 1. The van der Waals surface area contributed by atoms with E-state index in [4.69, 9.17) is 0 Å². The molecular weight excluding hydrogens is 214 g/mol. The Morgan fingerprint density at radius 2 is 1.88 bits per heavy atom. The highest BCUT2D eigenvalue weighted by Crippen LogP contribution is 2.05. The molecule has 0 aromatic heterocycles. The van der Waals surface area contributed by atoms with E-state index in [1.165, 1.54) is 6.92 Å². The summed E-state index contributed by atoms with van der Waals surface area (Å²) in [6.07, 6.45) is 1.85. The van der Waals surface area contributed by atoms with E-state index >= 15 is 0 Å². The summed E-state index contributed by atoms with van der Waals surface area (Å²) in [5.74, 6) is -0.0449. The van der Waals surface area contributed by atoms with Crippen LogP contribution in [0, 0.1) is 0 Å². The van der Waals surface area contributed by atoms with Gasteiger partial charge in [-0.25, -0.2) is 0 Å². The zero-order chi connectivity index (χ0) is 12.7. The molecular formula is C14H19NO2. The maximum atomic E-state index is 11.9. The van der Waals surface area contributed by atoms with Gasteiger partial charge in [-0.1, -0.05) is 37.3 Å². The van der Waals surface area contributed by atoms with Crippen LogP contribution in [0.5, 0.6) is 0 Å². The number of hydrogen-bond acceptors (Lipinski definition) is 2. The summed E-state index contributed by atoms with van der Waals surface area (Å²) >= 11 is 0. The standard InChI is InChI=1S/C14H19NO2/c1-3-13(15-11(2)16)14(17)10-9-12-7-5-4-6-8-12/h4-8,13H,3,9-10H2,1-2H3,(H,15,16)/t13-/m1/s1. The van der Waals surface area contributed by atoms with Crippen molar-refractivity contribution in [3.63, 3.8) is 0 Å². The Bertz CT molecular complexity index is 373. The molecule has 0 aliphatic heterocycles. The van der Waals surface area contributed by atoms with Crippen LogP contribution < -0.4 is 5.32 Å². The van der Waals surface area contributed by atoms with Crippen molar-refractivity contribution in [2.75, 3.05) is 0 Å². The lowest BCUT2D eigenvalue weighted by Crippen LogP contribution is -2.39. The third kappa shape index (κ3) is 4.81. The molecule has 0 aliphatic carbocycles. The third-order valence-corrected chi connectivity index (χ3v) is 2.68. The first-order valence-electron chi connectivity index (χ1n) is 5.97. The molecule has 3 heteroatoms. The van der Waals surface area contributed by atoms with Crippen LogP contribution in [0.25, 0.3) is 0 Å². The van der Waals surface area contributed by atoms with Gasteiger partial charge < -0.3 is 5.32 Å². The first-order chi connectivity index (χ1) is 8.13. The number of benzene rings is 1. The molecule has 1 amide bonds. The van der Waals surface area contributed by atoms with E-state index in [2.05, 4.69) is 5.32 Å². The molecule has 0 aliphatic rings. The fourth-order valence-electron chi connectivity index (χ4n) is 1.74. The third-order valence-electron chi connectivity index (χ3n) is 2.68. The maximum Gasteiger partial charge on any atom is 0.217 e. The van der Waals surface area contributed by atoms with Crippen LogP contribution in [0.2, 0.25) is 0 Å². The fraction of sp³-hybridized carbons (Fsp3) is 0.429. The summed E-state index contributed by atoms with van der Waals surface area (Å²) in [7, 11) is 0. The van der Waals surface area contributed by atoms with Crippen LogP contribution in [0.15, 0.2) is 30.3 Å². The first-order valence-corrected chi connectivity index (χ1v) is 5.97. The molecule has 0 saturated heterocycles. The van der Waals surface area contributed by atoms with Crippen molar-refractivity contribution >= 4 is 11.7 Å². The Morgan fingerprint density at radius 3 is 2.41 bits per heavy atom. The normalized spacial score (nSPS) is 11.9. The average Bonchev–Trinajstić information content (AvgIpc) is 2.34. The molecule has 1 aromatic carbocycles. The Hall–Kier alpha value is -1.64. The van der Waals surface area contributed by atoms with E-state index in [-0.39, 0.29) is 17.7 Å². The zero-order valence-corrected chi connectivity index (χ0v) is 10.4. The lowest BCUT2D eigenvalue weighted by atomic mass is 10.0. The quantitative estimate of drug-likeness (QED) is 0.818. The van der Waals surface area contributed by atoms with Crippen molar-refractivity contribution in [2.45, 2.75) is 39.2 Å². The Labute approximate surface area is 102 Å². The highest BCUT2D eigenvalue weighted by atomic mass is 16.2. The summed E-state index contributed by atoms with van der Waals surface area (Å²) in [6.45, 7) is 3.34. The van der Waals surface area contributed by atoms with E-state index < -0.39 is 0 Å². The van der Waals surface area contributed by atoms with Gasteiger partial charge in [0.05, 0.1) is 6.04 Å². The minimum absolute atomic E-state index is 0.103. The maximum absolute atomic E-state index is 11.9. The number of ketones is 1. The fourth-order valence-corrected chi connectivity index (χ4v) is 1.74. The summed E-state index contributed by atoms with van der Waals surface area (Å²) < 4.78 is 0. The molecule has 1 aromatic rings. The molecule has 0 radical (unpaired) electrons. The molecule has 92 valence electrons. The Kier molecular flexibility index (Phi) is 5.40. The molecule has 0 bridgehead atoms. The van der Waals surface area contributed by atoms with Gasteiger partial charge in [-0.15, -0.1) is 0 Å². The summed E-state index contributed by atoms with van der Waals surface area (Å²) in [4.78, 5) is 22.8. The summed E-state index contributed by atoms with van der Waals surface area (Å²) in [5.41, 5.74) is 1.15. The van der Waals surface area contributed by atoms with E-state index in [1.54, 1.807) is 0 Å². The van der Waals surface area contributed by atoms with E-state index in [0.29, 0.717) is 12.8 Å². The zero-order valence-electron chi connectivity index (χ0n) is 10.4. The van der Waals surface area contributed by atoms with Gasteiger partial charge in [0.2, 0.25) is 5.91 Å². The SMILES string of the molecule is CC[C@@H](NC(C)=O)C(=O)CCc1ccccc1. The molecule has 1 rings (SSSR count). The summed E-state index contributed by atoms with van der Waals surface area (Å²) in [6, 6.07) is 9.56. The van der Waals surface area contributed by atoms with Gasteiger partial charge in [0, 0.05) is 13.3 Å². The van der Waals surface area contributed by atoms with Gasteiger partial charge in [-0.2, -0.15) is 0 Å². The predicted molar refractivity (Wildman–Crippen MR) is 67.7 cm³/mol. The van der Waals surface area contributed by atoms with Crippen molar-refractivity contribution in [3.8, 4) is 0 Å².